The van der Waals surface area contributed by atoms with Crippen molar-refractivity contribution in [2.75, 3.05) is 0 Å². The molecule has 7 heteroatoms. The summed E-state index contributed by atoms with van der Waals surface area (Å²) in [6.45, 7) is 0.330. The van der Waals surface area contributed by atoms with Gasteiger partial charge in [-0.05, 0) is 17.7 Å². The van der Waals surface area contributed by atoms with Gasteiger partial charge in [-0.15, -0.1) is 0 Å². The Balaban J connectivity index is 1.96. The van der Waals surface area contributed by atoms with Crippen molar-refractivity contribution in [1.29, 1.82) is 0 Å². The van der Waals surface area contributed by atoms with Crippen molar-refractivity contribution in [3.63, 3.8) is 0 Å². The third-order valence-electron chi connectivity index (χ3n) is 3.27. The lowest BCUT2D eigenvalue weighted by Gasteiger charge is -2.06. The smallest absolute Gasteiger partial charge is 0.335 e. The van der Waals surface area contributed by atoms with Crippen LogP contribution in [0.4, 0.5) is 0 Å². The number of hydrogen-bond acceptors (Lipinski definition) is 4. The van der Waals surface area contributed by atoms with E-state index in [1.54, 1.807) is 23.9 Å². The topological polar surface area (TPSA) is 90.0 Å². The molecule has 21 heavy (non-hydrogen) atoms. The summed E-state index contributed by atoms with van der Waals surface area (Å²) in [6.07, 6.45) is 2.96. The summed E-state index contributed by atoms with van der Waals surface area (Å²) >= 11 is 0. The first-order chi connectivity index (χ1) is 10.1. The first kappa shape index (κ1) is 13.0. The highest BCUT2D eigenvalue weighted by Gasteiger charge is 2.08. The zero-order valence-electron chi connectivity index (χ0n) is 11.2. The molecule has 106 valence electrons. The van der Waals surface area contributed by atoms with E-state index in [2.05, 4.69) is 10.1 Å². The fourth-order valence-corrected chi connectivity index (χ4v) is 2.13. The highest BCUT2D eigenvalue weighted by Crippen LogP contribution is 2.07. The fraction of sp³-hybridized carbons (Fsp3) is 0.143. The van der Waals surface area contributed by atoms with Crippen molar-refractivity contribution in [2.45, 2.75) is 6.54 Å². The number of benzene rings is 1. The number of aromatic nitrogens is 4. The number of hydrogen-bond donors (Lipinski definition) is 1. The van der Waals surface area contributed by atoms with Gasteiger partial charge in [-0.25, -0.2) is 9.78 Å². The third kappa shape index (κ3) is 2.29. The van der Waals surface area contributed by atoms with E-state index in [0.717, 1.165) is 5.56 Å². The van der Waals surface area contributed by atoms with E-state index >= 15 is 0 Å². The number of fused-ring (bicyclic) bond motifs is 1. The molecule has 2 aromatic heterocycles. The highest BCUT2D eigenvalue weighted by molar-refractivity contribution is 5.87. The first-order valence-electron chi connectivity index (χ1n) is 6.25. The van der Waals surface area contributed by atoms with Crippen LogP contribution in [-0.2, 0) is 13.6 Å². The standard InChI is InChI=1S/C14H12N4O3/c1-17-12-11(6-16-17)13(19)18(8-15-12)7-9-2-4-10(5-3-9)14(20)21/h2-6,8H,7H2,1H3,(H,20,21). The van der Waals surface area contributed by atoms with E-state index in [-0.39, 0.29) is 11.1 Å². The van der Waals surface area contributed by atoms with Crippen molar-refractivity contribution in [3.8, 4) is 0 Å². The maximum atomic E-state index is 12.3. The number of carbonyl (C=O) groups is 1. The Bertz CT molecular complexity index is 877. The number of rotatable bonds is 3. The van der Waals surface area contributed by atoms with Gasteiger partial charge in [-0.1, -0.05) is 12.1 Å². The maximum absolute atomic E-state index is 12.3. The second-order valence-corrected chi connectivity index (χ2v) is 4.69. The van der Waals surface area contributed by atoms with Crippen LogP contribution in [0.1, 0.15) is 15.9 Å². The van der Waals surface area contributed by atoms with Crippen LogP contribution in [0.25, 0.3) is 11.0 Å². The van der Waals surface area contributed by atoms with Gasteiger partial charge in [-0.3, -0.25) is 14.0 Å². The summed E-state index contributed by atoms with van der Waals surface area (Å²) in [5.74, 6) is -0.975. The second kappa shape index (κ2) is 4.86. The molecule has 0 radical (unpaired) electrons. The van der Waals surface area contributed by atoms with Crippen molar-refractivity contribution in [1.82, 2.24) is 19.3 Å². The van der Waals surface area contributed by atoms with Gasteiger partial charge < -0.3 is 5.11 Å². The lowest BCUT2D eigenvalue weighted by Crippen LogP contribution is -2.21. The van der Waals surface area contributed by atoms with Crippen LogP contribution >= 0.6 is 0 Å². The Labute approximate surface area is 119 Å². The molecule has 0 aliphatic carbocycles. The average Bonchev–Trinajstić information content (AvgIpc) is 2.85. The zero-order chi connectivity index (χ0) is 15.0. The molecule has 2 heterocycles. The van der Waals surface area contributed by atoms with Gasteiger partial charge in [0.25, 0.3) is 5.56 Å². The van der Waals surface area contributed by atoms with E-state index in [0.29, 0.717) is 17.6 Å². The minimum atomic E-state index is -0.975. The molecule has 0 atom stereocenters. The van der Waals surface area contributed by atoms with Gasteiger partial charge in [0.05, 0.1) is 18.3 Å². The van der Waals surface area contributed by atoms with Crippen LogP contribution in [0.5, 0.6) is 0 Å². The van der Waals surface area contributed by atoms with Crippen molar-refractivity contribution >= 4 is 17.0 Å². The molecule has 0 saturated carbocycles. The lowest BCUT2D eigenvalue weighted by atomic mass is 10.1. The van der Waals surface area contributed by atoms with Crippen LogP contribution in [0.3, 0.4) is 0 Å². The van der Waals surface area contributed by atoms with Gasteiger partial charge in [0.1, 0.15) is 11.7 Å². The average molecular weight is 284 g/mol. The highest BCUT2D eigenvalue weighted by atomic mass is 16.4. The summed E-state index contributed by atoms with van der Waals surface area (Å²) in [7, 11) is 1.73. The number of carboxylic acids is 1. The summed E-state index contributed by atoms with van der Waals surface area (Å²) in [5.41, 5.74) is 1.41. The number of aromatic carboxylic acids is 1. The molecule has 0 saturated heterocycles. The molecule has 1 N–H and O–H groups in total. The molecular weight excluding hydrogens is 272 g/mol. The second-order valence-electron chi connectivity index (χ2n) is 4.69. The van der Waals surface area contributed by atoms with Crippen LogP contribution < -0.4 is 5.56 Å². The summed E-state index contributed by atoms with van der Waals surface area (Å²) < 4.78 is 3.02. The van der Waals surface area contributed by atoms with Gasteiger partial charge in [-0.2, -0.15) is 5.10 Å². The minimum Gasteiger partial charge on any atom is -0.478 e. The normalized spacial score (nSPS) is 10.9. The Morgan fingerprint density at radius 1 is 1.29 bits per heavy atom. The number of carboxylic acid groups (broad SMARTS) is 1. The lowest BCUT2D eigenvalue weighted by molar-refractivity contribution is 0.0697. The van der Waals surface area contributed by atoms with E-state index in [1.807, 2.05) is 0 Å². The van der Waals surface area contributed by atoms with Crippen LogP contribution in [0.2, 0.25) is 0 Å². The van der Waals surface area contributed by atoms with Crippen molar-refractivity contribution < 1.29 is 9.90 Å². The molecule has 0 fully saturated rings. The van der Waals surface area contributed by atoms with E-state index in [1.165, 1.54) is 29.2 Å². The van der Waals surface area contributed by atoms with Gasteiger partial charge in [0.15, 0.2) is 5.65 Å². The number of nitrogens with zero attached hydrogens (tertiary/aromatic N) is 4. The molecule has 0 unspecified atom stereocenters. The predicted molar refractivity (Wildman–Crippen MR) is 75.3 cm³/mol. The third-order valence-corrected chi connectivity index (χ3v) is 3.27. The van der Waals surface area contributed by atoms with Gasteiger partial charge >= 0.3 is 5.97 Å². The first-order valence-corrected chi connectivity index (χ1v) is 6.25. The van der Waals surface area contributed by atoms with E-state index in [4.69, 9.17) is 5.11 Å². The maximum Gasteiger partial charge on any atom is 0.335 e. The molecule has 0 amide bonds. The molecule has 3 aromatic rings. The summed E-state index contributed by atoms with van der Waals surface area (Å²) in [5, 5.41) is 13.3. The minimum absolute atomic E-state index is 0.171. The van der Waals surface area contributed by atoms with E-state index < -0.39 is 5.97 Å². The van der Waals surface area contributed by atoms with Crippen LogP contribution in [-0.4, -0.2) is 30.4 Å². The molecular formula is C14H12N4O3. The molecule has 0 bridgehead atoms. The molecule has 1 aromatic carbocycles. The van der Waals surface area contributed by atoms with Crippen molar-refractivity contribution in [3.05, 3.63) is 58.3 Å². The molecule has 0 aliphatic heterocycles. The monoisotopic (exact) mass is 284 g/mol. The summed E-state index contributed by atoms with van der Waals surface area (Å²) in [6, 6.07) is 6.39. The quantitative estimate of drug-likeness (QED) is 0.771. The largest absolute Gasteiger partial charge is 0.478 e. The van der Waals surface area contributed by atoms with Gasteiger partial charge in [0, 0.05) is 7.05 Å². The fourth-order valence-electron chi connectivity index (χ4n) is 2.13. The molecule has 7 nitrogen and oxygen atoms in total. The zero-order valence-corrected chi connectivity index (χ0v) is 11.2. The van der Waals surface area contributed by atoms with Crippen molar-refractivity contribution in [2.24, 2.45) is 7.05 Å². The Morgan fingerprint density at radius 3 is 2.67 bits per heavy atom. The SMILES string of the molecule is Cn1ncc2c(=O)n(Cc3ccc(C(=O)O)cc3)cnc21. The summed E-state index contributed by atoms with van der Waals surface area (Å²) in [4.78, 5) is 27.3. The predicted octanol–water partition coefficient (Wildman–Crippen LogP) is 0.876. The van der Waals surface area contributed by atoms with Crippen LogP contribution in [0.15, 0.2) is 41.6 Å². The molecule has 0 aliphatic rings. The Morgan fingerprint density at radius 2 is 2.00 bits per heavy atom. The number of aryl methyl sites for hydroxylation is 1. The Kier molecular flexibility index (Phi) is 3.02. The molecule has 0 spiro atoms. The van der Waals surface area contributed by atoms with E-state index in [9.17, 15) is 9.59 Å². The van der Waals surface area contributed by atoms with Crippen LogP contribution in [0, 0.1) is 0 Å². The van der Waals surface area contributed by atoms with Gasteiger partial charge in [0.2, 0.25) is 0 Å². The molecule has 3 rings (SSSR count). The Hall–Kier alpha value is -2.96.